The second kappa shape index (κ2) is 7.00. The fourth-order valence-electron chi connectivity index (χ4n) is 1.99. The van der Waals surface area contributed by atoms with Crippen LogP contribution in [0.4, 0.5) is 4.39 Å². The van der Waals surface area contributed by atoms with Crippen LogP contribution in [-0.2, 0) is 20.7 Å². The van der Waals surface area contributed by atoms with Crippen LogP contribution in [0, 0.1) is 5.82 Å². The molecule has 6 heteroatoms. The number of nitrogens with one attached hydrogen (secondary N) is 1. The minimum atomic E-state index is -0.375. The highest BCUT2D eigenvalue weighted by Gasteiger charge is 2.17. The number of ether oxygens (including phenoxy) is 1. The van der Waals surface area contributed by atoms with Gasteiger partial charge in [-0.1, -0.05) is 12.1 Å². The van der Waals surface area contributed by atoms with Gasteiger partial charge < -0.3 is 15.0 Å². The molecule has 108 valence electrons. The average Bonchev–Trinajstić information content (AvgIpc) is 2.46. The van der Waals surface area contributed by atoms with Crippen molar-refractivity contribution in [1.82, 2.24) is 10.2 Å². The maximum Gasteiger partial charge on any atom is 0.242 e. The molecule has 0 radical (unpaired) electrons. The number of hydrogen-bond donors (Lipinski definition) is 1. The second-order valence-corrected chi connectivity index (χ2v) is 4.58. The molecule has 0 spiro atoms. The summed E-state index contributed by atoms with van der Waals surface area (Å²) in [5.41, 5.74) is 0.585. The first-order valence-corrected chi connectivity index (χ1v) is 6.52. The van der Waals surface area contributed by atoms with Crippen molar-refractivity contribution < 1.29 is 18.7 Å². The van der Waals surface area contributed by atoms with Crippen LogP contribution < -0.4 is 5.32 Å². The van der Waals surface area contributed by atoms with Crippen LogP contribution in [0.2, 0.25) is 0 Å². The number of carbonyl (C=O) groups is 2. The van der Waals surface area contributed by atoms with Crippen molar-refractivity contribution in [2.24, 2.45) is 0 Å². The normalized spacial score (nSPS) is 14.9. The topological polar surface area (TPSA) is 58.6 Å². The van der Waals surface area contributed by atoms with Gasteiger partial charge in [-0.25, -0.2) is 4.39 Å². The highest BCUT2D eigenvalue weighted by atomic mass is 19.1. The van der Waals surface area contributed by atoms with Crippen molar-refractivity contribution >= 4 is 11.8 Å². The van der Waals surface area contributed by atoms with Crippen molar-refractivity contribution in [3.8, 4) is 0 Å². The first-order valence-electron chi connectivity index (χ1n) is 6.52. The molecule has 0 aromatic heterocycles. The van der Waals surface area contributed by atoms with Crippen molar-refractivity contribution in [3.63, 3.8) is 0 Å². The number of carbonyl (C=O) groups excluding carboxylic acids is 2. The van der Waals surface area contributed by atoms with Crippen molar-refractivity contribution in [2.75, 3.05) is 32.8 Å². The van der Waals surface area contributed by atoms with Gasteiger partial charge in [0, 0.05) is 13.1 Å². The van der Waals surface area contributed by atoms with Crippen LogP contribution in [0.3, 0.4) is 0 Å². The fraction of sp³-hybridized carbons (Fsp3) is 0.429. The largest absolute Gasteiger partial charge is 0.378 e. The zero-order valence-corrected chi connectivity index (χ0v) is 11.1. The molecule has 0 saturated carbocycles. The number of benzene rings is 1. The number of halogens is 1. The zero-order chi connectivity index (χ0) is 14.4. The first-order chi connectivity index (χ1) is 9.65. The lowest BCUT2D eigenvalue weighted by Crippen LogP contribution is -2.45. The predicted octanol–water partition coefficient (Wildman–Crippen LogP) is 0.343. The molecule has 1 aliphatic rings. The highest BCUT2D eigenvalue weighted by Crippen LogP contribution is 2.04. The summed E-state index contributed by atoms with van der Waals surface area (Å²) < 4.78 is 18.1. The third-order valence-electron chi connectivity index (χ3n) is 3.05. The van der Waals surface area contributed by atoms with E-state index in [1.165, 1.54) is 12.1 Å². The van der Waals surface area contributed by atoms with Gasteiger partial charge in [0.05, 0.1) is 26.2 Å². The molecule has 2 amide bonds. The smallest absolute Gasteiger partial charge is 0.242 e. The Morgan fingerprint density at radius 1 is 1.30 bits per heavy atom. The van der Waals surface area contributed by atoms with E-state index in [2.05, 4.69) is 5.32 Å². The maximum absolute atomic E-state index is 13.0. The van der Waals surface area contributed by atoms with Crippen LogP contribution in [0.5, 0.6) is 0 Å². The summed E-state index contributed by atoms with van der Waals surface area (Å²) >= 11 is 0. The van der Waals surface area contributed by atoms with Crippen LogP contribution in [-0.4, -0.2) is 49.6 Å². The standard InChI is InChI=1S/C14H17FN2O3/c15-12-3-1-2-11(8-12)9-13(18)16-10-14(19)17-4-6-20-7-5-17/h1-3,8H,4-7,9-10H2,(H,16,18). The lowest BCUT2D eigenvalue weighted by atomic mass is 10.1. The molecular formula is C14H17FN2O3. The van der Waals surface area contributed by atoms with E-state index in [0.717, 1.165) is 0 Å². The Balaban J connectivity index is 1.75. The molecule has 5 nitrogen and oxygen atoms in total. The third-order valence-corrected chi connectivity index (χ3v) is 3.05. The van der Waals surface area contributed by atoms with E-state index in [9.17, 15) is 14.0 Å². The summed E-state index contributed by atoms with van der Waals surface area (Å²) in [5.74, 6) is -0.794. The van der Waals surface area contributed by atoms with Gasteiger partial charge >= 0.3 is 0 Å². The number of nitrogens with zero attached hydrogens (tertiary/aromatic N) is 1. The molecule has 0 unspecified atom stereocenters. The van der Waals surface area contributed by atoms with E-state index in [0.29, 0.717) is 31.9 Å². The average molecular weight is 280 g/mol. The van der Waals surface area contributed by atoms with Gasteiger partial charge in [-0.3, -0.25) is 9.59 Å². The van der Waals surface area contributed by atoms with Gasteiger partial charge in [-0.2, -0.15) is 0 Å². The van der Waals surface area contributed by atoms with Crippen molar-refractivity contribution in [3.05, 3.63) is 35.6 Å². The Kier molecular flexibility index (Phi) is 5.06. The summed E-state index contributed by atoms with van der Waals surface area (Å²) in [4.78, 5) is 25.1. The third kappa shape index (κ3) is 4.31. The van der Waals surface area contributed by atoms with Gasteiger partial charge in [0.1, 0.15) is 5.82 Å². The molecule has 0 atom stereocenters. The predicted molar refractivity (Wildman–Crippen MR) is 70.5 cm³/mol. The lowest BCUT2D eigenvalue weighted by molar-refractivity contribution is -0.136. The number of hydrogen-bond acceptors (Lipinski definition) is 3. The van der Waals surface area contributed by atoms with E-state index in [1.54, 1.807) is 17.0 Å². The van der Waals surface area contributed by atoms with Gasteiger partial charge in [0.15, 0.2) is 0 Å². The Hall–Kier alpha value is -1.95. The number of morpholine rings is 1. The molecule has 1 aliphatic heterocycles. The first kappa shape index (κ1) is 14.5. The number of rotatable bonds is 4. The van der Waals surface area contributed by atoms with Gasteiger partial charge in [-0.05, 0) is 17.7 Å². The molecule has 1 saturated heterocycles. The van der Waals surface area contributed by atoms with Crippen LogP contribution in [0.1, 0.15) is 5.56 Å². The Morgan fingerprint density at radius 3 is 2.75 bits per heavy atom. The van der Waals surface area contributed by atoms with Gasteiger partial charge in [-0.15, -0.1) is 0 Å². The molecule has 20 heavy (non-hydrogen) atoms. The molecule has 0 bridgehead atoms. The zero-order valence-electron chi connectivity index (χ0n) is 11.1. The monoisotopic (exact) mass is 280 g/mol. The summed E-state index contributed by atoms with van der Waals surface area (Å²) in [6, 6.07) is 5.86. The van der Waals surface area contributed by atoms with Crippen molar-refractivity contribution in [2.45, 2.75) is 6.42 Å². The summed E-state index contributed by atoms with van der Waals surface area (Å²) in [5, 5.41) is 2.55. The Bertz CT molecular complexity index is 487. The fourth-order valence-corrected chi connectivity index (χ4v) is 1.99. The molecule has 2 rings (SSSR count). The van der Waals surface area contributed by atoms with Crippen molar-refractivity contribution in [1.29, 1.82) is 0 Å². The quantitative estimate of drug-likeness (QED) is 0.865. The van der Waals surface area contributed by atoms with Gasteiger partial charge in [0.2, 0.25) is 11.8 Å². The van der Waals surface area contributed by atoms with Crippen LogP contribution in [0.15, 0.2) is 24.3 Å². The molecular weight excluding hydrogens is 263 g/mol. The molecule has 1 aromatic carbocycles. The van der Waals surface area contributed by atoms with Crippen LogP contribution >= 0.6 is 0 Å². The van der Waals surface area contributed by atoms with Gasteiger partial charge in [0.25, 0.3) is 0 Å². The molecule has 1 aromatic rings. The van der Waals surface area contributed by atoms with E-state index in [-0.39, 0.29) is 30.6 Å². The second-order valence-electron chi connectivity index (χ2n) is 4.58. The SMILES string of the molecule is O=C(Cc1cccc(F)c1)NCC(=O)N1CCOCC1. The van der Waals surface area contributed by atoms with Crippen LogP contribution in [0.25, 0.3) is 0 Å². The minimum Gasteiger partial charge on any atom is -0.378 e. The minimum absolute atomic E-state index is 0.0336. The lowest BCUT2D eigenvalue weighted by Gasteiger charge is -2.26. The van der Waals surface area contributed by atoms with E-state index < -0.39 is 0 Å². The van der Waals surface area contributed by atoms with E-state index >= 15 is 0 Å². The molecule has 1 heterocycles. The maximum atomic E-state index is 13.0. The summed E-state index contributed by atoms with van der Waals surface area (Å²) in [6.07, 6.45) is 0.0636. The summed E-state index contributed by atoms with van der Waals surface area (Å²) in [7, 11) is 0. The Labute approximate surface area is 116 Å². The molecule has 1 N–H and O–H groups in total. The number of amides is 2. The summed E-state index contributed by atoms with van der Waals surface area (Å²) in [6.45, 7) is 2.14. The van der Waals surface area contributed by atoms with E-state index in [4.69, 9.17) is 4.74 Å². The Morgan fingerprint density at radius 2 is 2.05 bits per heavy atom. The highest BCUT2D eigenvalue weighted by molar-refractivity contribution is 5.85. The molecule has 0 aliphatic carbocycles. The van der Waals surface area contributed by atoms with E-state index in [1.807, 2.05) is 0 Å². The molecule has 1 fully saturated rings.